The molecule has 6 nitrogen and oxygen atoms in total. The van der Waals surface area contributed by atoms with Gasteiger partial charge in [-0.25, -0.2) is 9.97 Å². The summed E-state index contributed by atoms with van der Waals surface area (Å²) in [5.41, 5.74) is 3.17. The Labute approximate surface area is 129 Å². The van der Waals surface area contributed by atoms with Gasteiger partial charge in [0.1, 0.15) is 17.1 Å². The number of hydrogen-bond acceptors (Lipinski definition) is 5. The highest BCUT2D eigenvalue weighted by Crippen LogP contribution is 2.27. The van der Waals surface area contributed by atoms with Crippen LogP contribution in [-0.4, -0.2) is 39.0 Å². The number of carbonyl (C=O) groups is 1. The Hall–Kier alpha value is -2.24. The van der Waals surface area contributed by atoms with Crippen molar-refractivity contribution in [3.05, 3.63) is 40.3 Å². The molecule has 3 heterocycles. The predicted molar refractivity (Wildman–Crippen MR) is 80.7 cm³/mol. The van der Waals surface area contributed by atoms with Crippen LogP contribution in [0.3, 0.4) is 0 Å². The molecule has 2 aromatic heterocycles. The Bertz CT molecular complexity index is 683. The average Bonchev–Trinajstić information content (AvgIpc) is 3.05. The predicted octanol–water partition coefficient (Wildman–Crippen LogP) is 2.33. The van der Waals surface area contributed by atoms with E-state index in [1.54, 1.807) is 13.8 Å². The van der Waals surface area contributed by atoms with Gasteiger partial charge in [-0.15, -0.1) is 0 Å². The minimum absolute atomic E-state index is 0.0110. The van der Waals surface area contributed by atoms with Crippen LogP contribution in [0.25, 0.3) is 0 Å². The van der Waals surface area contributed by atoms with Crippen LogP contribution in [-0.2, 0) is 0 Å². The van der Waals surface area contributed by atoms with E-state index in [-0.39, 0.29) is 11.8 Å². The summed E-state index contributed by atoms with van der Waals surface area (Å²) in [5, 5.41) is 3.86. The Balaban J connectivity index is 1.79. The highest BCUT2D eigenvalue weighted by molar-refractivity contribution is 5.96. The molecule has 0 spiro atoms. The minimum Gasteiger partial charge on any atom is -0.361 e. The van der Waals surface area contributed by atoms with Gasteiger partial charge in [0.2, 0.25) is 0 Å². The Morgan fingerprint density at radius 1 is 1.23 bits per heavy atom. The second kappa shape index (κ2) is 5.51. The second-order valence-corrected chi connectivity index (χ2v) is 5.94. The summed E-state index contributed by atoms with van der Waals surface area (Å²) in [5.74, 6) is 1.60. The third-order valence-electron chi connectivity index (χ3n) is 4.09. The molecular weight excluding hydrogens is 280 g/mol. The molecule has 0 aliphatic carbocycles. The van der Waals surface area contributed by atoms with E-state index in [9.17, 15) is 4.79 Å². The third kappa shape index (κ3) is 2.61. The quantitative estimate of drug-likeness (QED) is 0.851. The molecule has 1 aliphatic rings. The van der Waals surface area contributed by atoms with Gasteiger partial charge in [-0.05, 0) is 40.2 Å². The van der Waals surface area contributed by atoms with E-state index in [0.717, 1.165) is 23.6 Å². The highest BCUT2D eigenvalue weighted by Gasteiger charge is 2.32. The molecule has 2 aromatic rings. The fourth-order valence-electron chi connectivity index (χ4n) is 3.04. The van der Waals surface area contributed by atoms with Gasteiger partial charge in [0.15, 0.2) is 0 Å². The summed E-state index contributed by atoms with van der Waals surface area (Å²) >= 11 is 0. The first-order chi connectivity index (χ1) is 10.5. The van der Waals surface area contributed by atoms with Gasteiger partial charge in [0, 0.05) is 30.4 Å². The smallest absolute Gasteiger partial charge is 0.259 e. The summed E-state index contributed by atoms with van der Waals surface area (Å²) in [6.45, 7) is 8.87. The summed E-state index contributed by atoms with van der Waals surface area (Å²) in [6, 6.07) is 1.96. The average molecular weight is 300 g/mol. The number of aromatic nitrogens is 3. The maximum Gasteiger partial charge on any atom is 0.259 e. The van der Waals surface area contributed by atoms with Crippen LogP contribution in [0.4, 0.5) is 0 Å². The van der Waals surface area contributed by atoms with Crippen LogP contribution >= 0.6 is 0 Å². The van der Waals surface area contributed by atoms with Crippen molar-refractivity contribution in [3.63, 3.8) is 0 Å². The van der Waals surface area contributed by atoms with E-state index < -0.39 is 0 Å². The zero-order valence-corrected chi connectivity index (χ0v) is 13.4. The molecule has 0 radical (unpaired) electrons. The van der Waals surface area contributed by atoms with Gasteiger partial charge >= 0.3 is 0 Å². The summed E-state index contributed by atoms with van der Waals surface area (Å²) in [7, 11) is 0. The summed E-state index contributed by atoms with van der Waals surface area (Å²) in [6.07, 6.45) is 0.887. The first kappa shape index (κ1) is 14.7. The number of nitrogens with zero attached hydrogens (tertiary/aromatic N) is 4. The van der Waals surface area contributed by atoms with Gasteiger partial charge in [0.25, 0.3) is 5.91 Å². The highest BCUT2D eigenvalue weighted by atomic mass is 16.5. The molecule has 0 unspecified atom stereocenters. The maximum absolute atomic E-state index is 12.6. The van der Waals surface area contributed by atoms with Gasteiger partial charge in [-0.1, -0.05) is 5.16 Å². The van der Waals surface area contributed by atoms with E-state index in [2.05, 4.69) is 15.1 Å². The van der Waals surface area contributed by atoms with Crippen LogP contribution in [0.2, 0.25) is 0 Å². The van der Waals surface area contributed by atoms with Crippen molar-refractivity contribution in [1.29, 1.82) is 0 Å². The van der Waals surface area contributed by atoms with E-state index in [0.29, 0.717) is 30.1 Å². The first-order valence-corrected chi connectivity index (χ1v) is 7.50. The molecule has 1 amide bonds. The molecule has 0 aromatic carbocycles. The lowest BCUT2D eigenvalue weighted by Crippen LogP contribution is -2.29. The monoisotopic (exact) mass is 300 g/mol. The molecular formula is C16H20N4O2. The van der Waals surface area contributed by atoms with E-state index in [1.807, 2.05) is 24.8 Å². The minimum atomic E-state index is -0.0110. The number of carbonyl (C=O) groups excluding carboxylic acids is 1. The standard InChI is InChI=1S/C16H20N4O2/c1-9-7-10(2)18-15(17-9)13-5-6-20(8-13)16(21)14-11(3)19-22-12(14)4/h7,13H,5-6,8H2,1-4H3/t13-/m1/s1. The number of rotatable bonds is 2. The van der Waals surface area contributed by atoms with Crippen molar-refractivity contribution in [2.24, 2.45) is 0 Å². The van der Waals surface area contributed by atoms with Crippen LogP contribution in [0.5, 0.6) is 0 Å². The zero-order valence-electron chi connectivity index (χ0n) is 13.4. The first-order valence-electron chi connectivity index (χ1n) is 7.50. The molecule has 1 atom stereocenters. The number of amides is 1. The molecule has 1 saturated heterocycles. The Morgan fingerprint density at radius 3 is 2.50 bits per heavy atom. The van der Waals surface area contributed by atoms with E-state index in [1.165, 1.54) is 0 Å². The lowest BCUT2D eigenvalue weighted by atomic mass is 10.1. The fraction of sp³-hybridized carbons (Fsp3) is 0.500. The van der Waals surface area contributed by atoms with E-state index in [4.69, 9.17) is 4.52 Å². The van der Waals surface area contributed by atoms with Crippen LogP contribution in [0, 0.1) is 27.7 Å². The van der Waals surface area contributed by atoms with Gasteiger partial charge in [-0.3, -0.25) is 4.79 Å². The van der Waals surface area contributed by atoms with Crippen molar-refractivity contribution in [3.8, 4) is 0 Å². The molecule has 1 aliphatic heterocycles. The summed E-state index contributed by atoms with van der Waals surface area (Å²) in [4.78, 5) is 23.5. The van der Waals surface area contributed by atoms with Crippen molar-refractivity contribution >= 4 is 5.91 Å². The lowest BCUT2D eigenvalue weighted by molar-refractivity contribution is 0.0788. The summed E-state index contributed by atoms with van der Waals surface area (Å²) < 4.78 is 5.10. The van der Waals surface area contributed by atoms with Gasteiger partial charge in [-0.2, -0.15) is 0 Å². The topological polar surface area (TPSA) is 72.1 Å². The van der Waals surface area contributed by atoms with Crippen molar-refractivity contribution < 1.29 is 9.32 Å². The van der Waals surface area contributed by atoms with Crippen LogP contribution in [0.15, 0.2) is 10.6 Å². The molecule has 3 rings (SSSR count). The maximum atomic E-state index is 12.6. The van der Waals surface area contributed by atoms with Gasteiger partial charge < -0.3 is 9.42 Å². The second-order valence-electron chi connectivity index (χ2n) is 5.94. The fourth-order valence-corrected chi connectivity index (χ4v) is 3.04. The Kier molecular flexibility index (Phi) is 3.68. The number of aryl methyl sites for hydroxylation is 4. The molecule has 22 heavy (non-hydrogen) atoms. The van der Waals surface area contributed by atoms with Crippen LogP contribution < -0.4 is 0 Å². The third-order valence-corrected chi connectivity index (χ3v) is 4.09. The molecule has 1 fully saturated rings. The Morgan fingerprint density at radius 2 is 1.91 bits per heavy atom. The molecule has 116 valence electrons. The molecule has 0 bridgehead atoms. The largest absolute Gasteiger partial charge is 0.361 e. The SMILES string of the molecule is Cc1cc(C)nc([C@@H]2CCN(C(=O)c3c(C)noc3C)C2)n1. The molecule has 0 saturated carbocycles. The van der Waals surface area contributed by atoms with Crippen LogP contribution in [0.1, 0.15) is 51.4 Å². The van der Waals surface area contributed by atoms with Crippen molar-refractivity contribution in [2.75, 3.05) is 13.1 Å². The number of likely N-dealkylation sites (tertiary alicyclic amines) is 1. The van der Waals surface area contributed by atoms with Crippen molar-refractivity contribution in [1.82, 2.24) is 20.0 Å². The lowest BCUT2D eigenvalue weighted by Gasteiger charge is -2.16. The normalized spacial score (nSPS) is 18.0. The zero-order chi connectivity index (χ0) is 15.9. The van der Waals surface area contributed by atoms with Gasteiger partial charge in [0.05, 0.1) is 5.69 Å². The molecule has 0 N–H and O–H groups in total. The molecule has 6 heteroatoms. The number of hydrogen-bond donors (Lipinski definition) is 0. The van der Waals surface area contributed by atoms with Crippen molar-refractivity contribution in [2.45, 2.75) is 40.0 Å². The van der Waals surface area contributed by atoms with E-state index >= 15 is 0 Å².